The molecule has 5 nitrogen and oxygen atoms in total. The fourth-order valence-electron chi connectivity index (χ4n) is 2.34. The van der Waals surface area contributed by atoms with Gasteiger partial charge in [0.05, 0.1) is 23.5 Å². The largest absolute Gasteiger partial charge is 0.346 e. The van der Waals surface area contributed by atoms with Crippen molar-refractivity contribution < 1.29 is 9.59 Å². The van der Waals surface area contributed by atoms with E-state index < -0.39 is 0 Å². The maximum absolute atomic E-state index is 12.5. The predicted octanol–water partition coefficient (Wildman–Crippen LogP) is 3.26. The number of hydrogen-bond donors (Lipinski definition) is 2. The molecule has 0 saturated heterocycles. The Morgan fingerprint density at radius 1 is 0.800 bits per heavy atom. The minimum absolute atomic E-state index is 0.259. The van der Waals surface area contributed by atoms with Gasteiger partial charge in [0.15, 0.2) is 0 Å². The number of rotatable bonds is 5. The van der Waals surface area contributed by atoms with Crippen LogP contribution in [0.1, 0.15) is 26.4 Å². The molecule has 3 aromatic rings. The Morgan fingerprint density at radius 3 is 2.28 bits per heavy atom. The number of amides is 2. The first-order valence-electron chi connectivity index (χ1n) is 7.87. The number of carbonyl (C=O) groups excluding carboxylic acids is 2. The minimum Gasteiger partial charge on any atom is -0.346 e. The van der Waals surface area contributed by atoms with E-state index in [-0.39, 0.29) is 11.8 Å². The van der Waals surface area contributed by atoms with Crippen LogP contribution < -0.4 is 10.6 Å². The molecule has 0 aliphatic carbocycles. The molecule has 2 N–H and O–H groups in total. The molecule has 3 rings (SSSR count). The summed E-state index contributed by atoms with van der Waals surface area (Å²) in [6.45, 7) is 0.320. The summed E-state index contributed by atoms with van der Waals surface area (Å²) in [6, 6.07) is 21.3. The Kier molecular flexibility index (Phi) is 5.16. The summed E-state index contributed by atoms with van der Waals surface area (Å²) in [5, 5.41) is 5.61. The van der Waals surface area contributed by atoms with Crippen LogP contribution in [0.5, 0.6) is 0 Å². The Labute approximate surface area is 145 Å². The molecule has 1 heterocycles. The molecule has 124 valence electrons. The van der Waals surface area contributed by atoms with Crippen LogP contribution >= 0.6 is 0 Å². The van der Waals surface area contributed by atoms with Crippen molar-refractivity contribution in [2.75, 3.05) is 5.32 Å². The molecular formula is C20H17N3O2. The number of anilines is 1. The normalized spacial score (nSPS) is 10.1. The summed E-state index contributed by atoms with van der Waals surface area (Å²) < 4.78 is 0. The zero-order valence-electron chi connectivity index (χ0n) is 13.5. The van der Waals surface area contributed by atoms with Gasteiger partial charge in [-0.15, -0.1) is 0 Å². The van der Waals surface area contributed by atoms with Crippen LogP contribution in [0.2, 0.25) is 0 Å². The molecule has 5 heteroatoms. The van der Waals surface area contributed by atoms with Gasteiger partial charge in [-0.3, -0.25) is 14.6 Å². The molecule has 2 aromatic carbocycles. The molecule has 0 saturated carbocycles. The lowest BCUT2D eigenvalue weighted by atomic mass is 10.1. The number of aromatic nitrogens is 1. The summed E-state index contributed by atoms with van der Waals surface area (Å²) in [7, 11) is 0. The third-order valence-corrected chi connectivity index (χ3v) is 3.61. The molecule has 1 aromatic heterocycles. The monoisotopic (exact) mass is 331 g/mol. The van der Waals surface area contributed by atoms with Crippen molar-refractivity contribution in [3.8, 4) is 0 Å². The van der Waals surface area contributed by atoms with Crippen molar-refractivity contribution in [3.05, 3.63) is 95.8 Å². The number of nitrogens with one attached hydrogen (secondary N) is 2. The highest BCUT2D eigenvalue weighted by Gasteiger charge is 2.13. The van der Waals surface area contributed by atoms with Crippen LogP contribution in [0.25, 0.3) is 0 Å². The summed E-state index contributed by atoms with van der Waals surface area (Å²) in [5.74, 6) is -0.528. The molecule has 0 aliphatic heterocycles. The van der Waals surface area contributed by atoms with Gasteiger partial charge in [-0.1, -0.05) is 36.4 Å². The van der Waals surface area contributed by atoms with E-state index in [2.05, 4.69) is 15.6 Å². The Bertz CT molecular complexity index is 864. The zero-order chi connectivity index (χ0) is 17.5. The topological polar surface area (TPSA) is 71.1 Å². The molecule has 0 unspecified atom stereocenters. The molecule has 0 aliphatic rings. The van der Waals surface area contributed by atoms with Gasteiger partial charge in [0, 0.05) is 11.8 Å². The second kappa shape index (κ2) is 7.88. The van der Waals surface area contributed by atoms with Gasteiger partial charge in [-0.05, 0) is 36.4 Å². The average molecular weight is 331 g/mol. The van der Waals surface area contributed by atoms with Crippen molar-refractivity contribution in [2.24, 2.45) is 0 Å². The van der Waals surface area contributed by atoms with Crippen molar-refractivity contribution in [1.29, 1.82) is 0 Å². The zero-order valence-corrected chi connectivity index (χ0v) is 13.5. The number of para-hydroxylation sites is 1. The highest BCUT2D eigenvalue weighted by atomic mass is 16.2. The smallest absolute Gasteiger partial charge is 0.255 e. The quantitative estimate of drug-likeness (QED) is 0.754. The summed E-state index contributed by atoms with van der Waals surface area (Å²) >= 11 is 0. The SMILES string of the molecule is O=C(Nc1ccccc1C(=O)NCc1ccccn1)c1ccccc1. The first-order valence-corrected chi connectivity index (χ1v) is 7.87. The standard InChI is InChI=1S/C20H17N3O2/c24-19(15-8-2-1-3-9-15)23-18-12-5-4-11-17(18)20(25)22-14-16-10-6-7-13-21-16/h1-13H,14H2,(H,22,25)(H,23,24). The molecule has 25 heavy (non-hydrogen) atoms. The van der Waals surface area contributed by atoms with E-state index in [9.17, 15) is 9.59 Å². The van der Waals surface area contributed by atoms with Crippen molar-refractivity contribution in [1.82, 2.24) is 10.3 Å². The number of nitrogens with zero attached hydrogens (tertiary/aromatic N) is 1. The molecule has 0 fully saturated rings. The fraction of sp³-hybridized carbons (Fsp3) is 0.0500. The van der Waals surface area contributed by atoms with Crippen LogP contribution in [0, 0.1) is 0 Å². The van der Waals surface area contributed by atoms with Gasteiger partial charge in [0.2, 0.25) is 0 Å². The lowest BCUT2D eigenvalue weighted by Crippen LogP contribution is -2.25. The van der Waals surface area contributed by atoms with E-state index in [1.165, 1.54) is 0 Å². The van der Waals surface area contributed by atoms with Crippen LogP contribution in [0.15, 0.2) is 79.0 Å². The molecule has 2 amide bonds. The van der Waals surface area contributed by atoms with Gasteiger partial charge in [0.1, 0.15) is 0 Å². The first-order chi connectivity index (χ1) is 12.2. The van der Waals surface area contributed by atoms with Crippen LogP contribution in [-0.4, -0.2) is 16.8 Å². The second-order valence-electron chi connectivity index (χ2n) is 5.37. The number of hydrogen-bond acceptors (Lipinski definition) is 3. The summed E-state index contributed by atoms with van der Waals surface area (Å²) in [6.07, 6.45) is 1.68. The Balaban J connectivity index is 1.72. The second-order valence-corrected chi connectivity index (χ2v) is 5.37. The van der Waals surface area contributed by atoms with E-state index in [0.29, 0.717) is 23.4 Å². The number of benzene rings is 2. The molecule has 0 radical (unpaired) electrons. The van der Waals surface area contributed by atoms with Crippen LogP contribution in [0.3, 0.4) is 0 Å². The first kappa shape index (κ1) is 16.4. The molecule has 0 atom stereocenters. The molecule has 0 bridgehead atoms. The molecular weight excluding hydrogens is 314 g/mol. The maximum Gasteiger partial charge on any atom is 0.255 e. The Morgan fingerprint density at radius 2 is 1.52 bits per heavy atom. The summed E-state index contributed by atoms with van der Waals surface area (Å²) in [4.78, 5) is 29.0. The maximum atomic E-state index is 12.5. The van der Waals surface area contributed by atoms with E-state index in [1.54, 1.807) is 54.7 Å². The average Bonchev–Trinajstić information content (AvgIpc) is 2.68. The molecule has 0 spiro atoms. The summed E-state index contributed by atoms with van der Waals surface area (Å²) in [5.41, 5.74) is 2.17. The predicted molar refractivity (Wildman–Crippen MR) is 96.2 cm³/mol. The van der Waals surface area contributed by atoms with Gasteiger partial charge < -0.3 is 10.6 Å². The third-order valence-electron chi connectivity index (χ3n) is 3.61. The highest BCUT2D eigenvalue weighted by Crippen LogP contribution is 2.16. The van der Waals surface area contributed by atoms with Gasteiger partial charge in [-0.25, -0.2) is 0 Å². The number of pyridine rings is 1. The van der Waals surface area contributed by atoms with E-state index >= 15 is 0 Å². The lowest BCUT2D eigenvalue weighted by molar-refractivity contribution is 0.0951. The lowest BCUT2D eigenvalue weighted by Gasteiger charge is -2.11. The highest BCUT2D eigenvalue weighted by molar-refractivity contribution is 6.08. The van der Waals surface area contributed by atoms with Crippen molar-refractivity contribution in [2.45, 2.75) is 6.54 Å². The van der Waals surface area contributed by atoms with E-state index in [1.807, 2.05) is 24.3 Å². The number of carbonyl (C=O) groups is 2. The van der Waals surface area contributed by atoms with E-state index in [4.69, 9.17) is 0 Å². The van der Waals surface area contributed by atoms with Gasteiger partial charge in [-0.2, -0.15) is 0 Å². The van der Waals surface area contributed by atoms with Gasteiger partial charge in [0.25, 0.3) is 11.8 Å². The third kappa shape index (κ3) is 4.29. The Hall–Kier alpha value is -3.47. The van der Waals surface area contributed by atoms with Crippen molar-refractivity contribution >= 4 is 17.5 Å². The van der Waals surface area contributed by atoms with Gasteiger partial charge >= 0.3 is 0 Å². The van der Waals surface area contributed by atoms with Crippen LogP contribution in [-0.2, 0) is 6.54 Å². The minimum atomic E-state index is -0.269. The fourth-order valence-corrected chi connectivity index (χ4v) is 2.34. The van der Waals surface area contributed by atoms with Crippen LogP contribution in [0.4, 0.5) is 5.69 Å². The van der Waals surface area contributed by atoms with E-state index in [0.717, 1.165) is 5.69 Å². The van der Waals surface area contributed by atoms with Crippen molar-refractivity contribution in [3.63, 3.8) is 0 Å².